The maximum absolute atomic E-state index is 14.0. The highest BCUT2D eigenvalue weighted by atomic mass is 32.1. The Hall–Kier alpha value is -4.13. The molecule has 3 heterocycles. The Kier molecular flexibility index (Phi) is 9.90. The molecule has 0 bridgehead atoms. The number of aromatic nitrogens is 2. The van der Waals surface area contributed by atoms with Gasteiger partial charge in [0.15, 0.2) is 5.13 Å². The summed E-state index contributed by atoms with van der Waals surface area (Å²) < 4.78 is 17.5. The van der Waals surface area contributed by atoms with Crippen LogP contribution in [0.5, 0.6) is 11.5 Å². The second kappa shape index (κ2) is 13.7. The van der Waals surface area contributed by atoms with Crippen molar-refractivity contribution in [1.82, 2.24) is 20.2 Å². The van der Waals surface area contributed by atoms with Crippen molar-refractivity contribution in [2.75, 3.05) is 19.0 Å². The van der Waals surface area contributed by atoms with E-state index in [9.17, 15) is 19.5 Å². The summed E-state index contributed by atoms with van der Waals surface area (Å²) in [6.45, 7) is 9.57. The van der Waals surface area contributed by atoms with Crippen LogP contribution < -0.4 is 20.1 Å². The maximum atomic E-state index is 14.0. The quantitative estimate of drug-likeness (QED) is 0.248. The van der Waals surface area contributed by atoms with E-state index in [0.717, 1.165) is 30.8 Å². The Bertz CT molecular complexity index is 1580. The number of likely N-dealkylation sites (tertiary alicyclic amines) is 1. The van der Waals surface area contributed by atoms with Crippen LogP contribution in [-0.4, -0.2) is 81.9 Å². The number of carboxylic acid groups (broad SMARTS) is 1. The van der Waals surface area contributed by atoms with Gasteiger partial charge >= 0.3 is 12.1 Å². The predicted octanol–water partition coefficient (Wildman–Crippen LogP) is 5.70. The first-order valence-corrected chi connectivity index (χ1v) is 16.6. The summed E-state index contributed by atoms with van der Waals surface area (Å²) in [5, 5.41) is 19.6. The molecule has 13 heteroatoms. The van der Waals surface area contributed by atoms with Crippen molar-refractivity contribution in [2.24, 2.45) is 5.41 Å². The number of amides is 2. The van der Waals surface area contributed by atoms with E-state index in [2.05, 4.69) is 10.6 Å². The van der Waals surface area contributed by atoms with Crippen LogP contribution in [0.3, 0.4) is 0 Å². The summed E-state index contributed by atoms with van der Waals surface area (Å²) in [5.74, 6) is -0.521. The molecule has 1 aliphatic carbocycles. The van der Waals surface area contributed by atoms with E-state index in [0.29, 0.717) is 33.8 Å². The van der Waals surface area contributed by atoms with E-state index in [1.54, 1.807) is 25.3 Å². The number of carbonyl (C=O) groups excluding carboxylic acids is 2. The zero-order valence-electron chi connectivity index (χ0n) is 27.2. The molecule has 46 heavy (non-hydrogen) atoms. The lowest BCUT2D eigenvalue weighted by molar-refractivity contribution is -0.150. The van der Waals surface area contributed by atoms with Crippen LogP contribution in [0.25, 0.3) is 22.3 Å². The lowest BCUT2D eigenvalue weighted by Gasteiger charge is -2.34. The molecular formula is C33H43N5O7S. The molecule has 2 aromatic heterocycles. The van der Waals surface area contributed by atoms with Crippen molar-refractivity contribution in [3.05, 3.63) is 29.6 Å². The number of hydrogen-bond acceptors (Lipinski definition) is 10. The summed E-state index contributed by atoms with van der Waals surface area (Å²) in [6, 6.07) is 5.33. The van der Waals surface area contributed by atoms with Gasteiger partial charge in [0.2, 0.25) is 5.91 Å². The van der Waals surface area contributed by atoms with Gasteiger partial charge in [0.1, 0.15) is 41.5 Å². The monoisotopic (exact) mass is 653 g/mol. The van der Waals surface area contributed by atoms with E-state index in [1.165, 1.54) is 16.2 Å². The zero-order valence-corrected chi connectivity index (χ0v) is 28.0. The van der Waals surface area contributed by atoms with Crippen LogP contribution in [0.2, 0.25) is 0 Å². The largest absolute Gasteiger partial charge is 0.497 e. The third kappa shape index (κ3) is 7.63. The Balaban J connectivity index is 1.41. The number of rotatable bonds is 10. The fourth-order valence-corrected chi connectivity index (χ4v) is 6.75. The number of nitrogens with one attached hydrogen (secondary N) is 2. The molecule has 0 radical (unpaired) electrons. The summed E-state index contributed by atoms with van der Waals surface area (Å²) in [4.78, 5) is 50.0. The van der Waals surface area contributed by atoms with Gasteiger partial charge in [-0.15, -0.1) is 11.3 Å². The second-order valence-electron chi connectivity index (χ2n) is 13.3. The maximum Gasteiger partial charge on any atom is 0.408 e. The third-order valence-corrected chi connectivity index (χ3v) is 9.01. The van der Waals surface area contributed by atoms with Gasteiger partial charge in [-0.2, -0.15) is 0 Å². The highest BCUT2D eigenvalue weighted by Gasteiger charge is 2.46. The van der Waals surface area contributed by atoms with E-state index >= 15 is 0 Å². The number of pyridine rings is 1. The van der Waals surface area contributed by atoms with Crippen molar-refractivity contribution < 1.29 is 33.7 Å². The molecule has 1 saturated heterocycles. The Labute approximate surface area is 272 Å². The molecule has 3 N–H and O–H groups in total. The Morgan fingerprint density at radius 2 is 1.80 bits per heavy atom. The van der Waals surface area contributed by atoms with Gasteiger partial charge in [-0.25, -0.2) is 19.6 Å². The molecule has 2 aliphatic rings. The summed E-state index contributed by atoms with van der Waals surface area (Å²) in [5.41, 5.74) is 1.16. The number of methoxy groups -OCH3 is 1. The average Bonchev–Trinajstić information content (AvgIpc) is 3.76. The van der Waals surface area contributed by atoms with Gasteiger partial charge in [-0.3, -0.25) is 4.79 Å². The van der Waals surface area contributed by atoms with Crippen molar-refractivity contribution in [2.45, 2.75) is 97.1 Å². The molecule has 1 saturated carbocycles. The van der Waals surface area contributed by atoms with Crippen molar-refractivity contribution in [3.8, 4) is 22.9 Å². The van der Waals surface area contributed by atoms with Gasteiger partial charge in [0, 0.05) is 35.4 Å². The number of benzene rings is 1. The molecule has 5 rings (SSSR count). The summed E-state index contributed by atoms with van der Waals surface area (Å²) in [6.07, 6.45) is 2.18. The van der Waals surface area contributed by atoms with E-state index in [4.69, 9.17) is 24.2 Å². The van der Waals surface area contributed by atoms with Gasteiger partial charge in [-0.1, -0.05) is 20.8 Å². The minimum Gasteiger partial charge on any atom is -0.497 e. The van der Waals surface area contributed by atoms with Gasteiger partial charge in [0.25, 0.3) is 0 Å². The lowest BCUT2D eigenvalue weighted by atomic mass is 9.85. The van der Waals surface area contributed by atoms with Gasteiger partial charge in [0.05, 0.1) is 24.9 Å². The molecular weight excluding hydrogens is 610 g/mol. The van der Waals surface area contributed by atoms with Crippen LogP contribution in [0.1, 0.15) is 66.7 Å². The predicted molar refractivity (Wildman–Crippen MR) is 175 cm³/mol. The molecule has 12 nitrogen and oxygen atoms in total. The van der Waals surface area contributed by atoms with Crippen molar-refractivity contribution in [1.29, 1.82) is 0 Å². The molecule has 1 aliphatic heterocycles. The van der Waals surface area contributed by atoms with Crippen LogP contribution in [0.4, 0.5) is 9.93 Å². The highest BCUT2D eigenvalue weighted by molar-refractivity contribution is 7.14. The molecule has 3 aromatic rings. The topological polar surface area (TPSA) is 152 Å². The standard InChI is InChI=1S/C33H43N5O7S/c1-18(2)34-31-36-25(17-46-31)24-15-27(22-12-11-20(43-6)13-23(22)35-24)44-21-14-26(30(40)41)38(16-21)29(39)28(33(3,4)5)37-32(42)45-19-9-7-8-10-19/h11-13,15,17-19,21,26,28H,7-10,14,16H2,1-6H3,(H,34,36)(H,37,42)(H,40,41)/t21?,26-,28+/m0/s1. The number of anilines is 1. The number of carbonyl (C=O) groups is 3. The molecule has 3 atom stereocenters. The van der Waals surface area contributed by atoms with E-state index in [1.807, 2.05) is 46.1 Å². The van der Waals surface area contributed by atoms with Crippen LogP contribution in [0.15, 0.2) is 29.6 Å². The molecule has 248 valence electrons. The first kappa shape index (κ1) is 33.2. The van der Waals surface area contributed by atoms with Crippen molar-refractivity contribution >= 4 is 45.3 Å². The number of nitrogens with zero attached hydrogens (tertiary/aromatic N) is 3. The van der Waals surface area contributed by atoms with Crippen LogP contribution in [0, 0.1) is 5.41 Å². The molecule has 1 unspecified atom stereocenters. The first-order valence-electron chi connectivity index (χ1n) is 15.7. The smallest absolute Gasteiger partial charge is 0.408 e. The first-order chi connectivity index (χ1) is 21.8. The SMILES string of the molecule is COc1ccc2c(OC3C[C@@H](C(=O)O)N(C(=O)[C@@H](NC(=O)OC4CCCC4)C(C)(C)C)C3)cc(-c3csc(NC(C)C)n3)nc2c1. The number of hydrogen-bond donors (Lipinski definition) is 3. The Morgan fingerprint density at radius 1 is 1.07 bits per heavy atom. The molecule has 2 fully saturated rings. The average molecular weight is 654 g/mol. The number of ether oxygens (including phenoxy) is 3. The van der Waals surface area contributed by atoms with Gasteiger partial charge < -0.3 is 34.9 Å². The molecule has 1 aromatic carbocycles. The summed E-state index contributed by atoms with van der Waals surface area (Å²) in [7, 11) is 1.58. The minimum atomic E-state index is -1.14. The van der Waals surface area contributed by atoms with Gasteiger partial charge in [-0.05, 0) is 57.1 Å². The van der Waals surface area contributed by atoms with E-state index in [-0.39, 0.29) is 25.1 Å². The number of thiazole rings is 1. The number of carboxylic acids is 1. The number of fused-ring (bicyclic) bond motifs is 1. The minimum absolute atomic E-state index is 0.0240. The lowest BCUT2D eigenvalue weighted by Crippen LogP contribution is -2.57. The van der Waals surface area contributed by atoms with Crippen LogP contribution >= 0.6 is 11.3 Å². The van der Waals surface area contributed by atoms with Crippen molar-refractivity contribution in [3.63, 3.8) is 0 Å². The van der Waals surface area contributed by atoms with Crippen LogP contribution in [-0.2, 0) is 14.3 Å². The fraction of sp³-hybridized carbons (Fsp3) is 0.545. The normalized spacial score (nSPS) is 19.3. The third-order valence-electron chi connectivity index (χ3n) is 8.23. The Morgan fingerprint density at radius 3 is 2.46 bits per heavy atom. The highest BCUT2D eigenvalue weighted by Crippen LogP contribution is 2.36. The summed E-state index contributed by atoms with van der Waals surface area (Å²) >= 11 is 1.47. The second-order valence-corrected chi connectivity index (χ2v) is 14.2. The van der Waals surface area contributed by atoms with E-state index < -0.39 is 41.6 Å². The molecule has 0 spiro atoms. The zero-order chi connectivity index (χ0) is 33.2. The fourth-order valence-electron chi connectivity index (χ4n) is 5.90. The number of aliphatic carboxylic acids is 1. The number of alkyl carbamates (subject to hydrolysis) is 1. The molecule has 2 amide bonds.